The number of hydrogen-bond acceptors (Lipinski definition) is 16. The summed E-state index contributed by atoms with van der Waals surface area (Å²) in [5.74, 6) is -1.70. The summed E-state index contributed by atoms with van der Waals surface area (Å²) in [5, 5.41) is 103. The van der Waals surface area contributed by atoms with Crippen LogP contribution >= 0.6 is 0 Å². The van der Waals surface area contributed by atoms with E-state index in [1.54, 1.807) is 0 Å². The second kappa shape index (κ2) is 12.4. The highest BCUT2D eigenvalue weighted by molar-refractivity contribution is 5.89. The molecule has 3 aromatic rings. The van der Waals surface area contributed by atoms with Crippen molar-refractivity contribution < 1.29 is 74.4 Å². The van der Waals surface area contributed by atoms with Crippen LogP contribution in [0.3, 0.4) is 0 Å². The summed E-state index contributed by atoms with van der Waals surface area (Å²) in [6.07, 6.45) is -17.5. The van der Waals surface area contributed by atoms with E-state index in [0.717, 1.165) is 12.1 Å². The molecule has 3 heterocycles. The minimum absolute atomic E-state index is 0.0377. The second-order valence-corrected chi connectivity index (χ2v) is 10.5. The van der Waals surface area contributed by atoms with Crippen molar-refractivity contribution in [3.63, 3.8) is 0 Å². The monoisotopic (exact) mass is 624 g/mol. The lowest BCUT2D eigenvalue weighted by atomic mass is 9.89. The number of benzene rings is 2. The topological polar surface area (TPSA) is 269 Å². The fourth-order valence-corrected chi connectivity index (χ4v) is 5.38. The maximum absolute atomic E-state index is 13.3. The van der Waals surface area contributed by atoms with Gasteiger partial charge in [-0.25, -0.2) is 0 Å². The van der Waals surface area contributed by atoms with Crippen molar-refractivity contribution in [2.45, 2.75) is 61.2 Å². The Labute approximate surface area is 247 Å². The van der Waals surface area contributed by atoms with Crippen LogP contribution in [0.1, 0.15) is 11.7 Å². The second-order valence-electron chi connectivity index (χ2n) is 10.5. The fourth-order valence-electron chi connectivity index (χ4n) is 5.38. The molecule has 2 aliphatic rings. The number of aliphatic hydroxyl groups is 7. The zero-order chi connectivity index (χ0) is 32.0. The van der Waals surface area contributed by atoms with Crippen LogP contribution in [0.2, 0.25) is 0 Å². The third-order valence-corrected chi connectivity index (χ3v) is 7.75. The molecule has 1 aromatic heterocycles. The van der Waals surface area contributed by atoms with Crippen molar-refractivity contribution in [1.29, 1.82) is 0 Å². The number of aromatic hydroxyl groups is 3. The molecule has 0 aliphatic carbocycles. The smallest absolute Gasteiger partial charge is 0.197 e. The minimum atomic E-state index is -1.94. The standard InChI is InChI=1S/C28H32O16/c1-40-15-4-9(2-3-10(15)31)14-6-13(34)18-11(32)5-12(33)19(25(18)41-14)26-27(23(38)21(36)16(7-29)42-26)44-28-24(39)22(37)20(35)17(8-30)43-28/h2-6,16-17,20-24,26-33,35-39H,7-8H2,1H3/t16-,17-,20-,21-,22-,23-,24-,26+,27-,28-/m1/s1. The zero-order valence-electron chi connectivity index (χ0n) is 23.0. The number of aliphatic hydroxyl groups excluding tert-OH is 7. The Hall–Kier alpha value is -3.55. The Morgan fingerprint density at radius 2 is 1.43 bits per heavy atom. The summed E-state index contributed by atoms with van der Waals surface area (Å²) in [7, 11) is 1.30. The van der Waals surface area contributed by atoms with Gasteiger partial charge in [-0.2, -0.15) is 0 Å². The molecule has 0 amide bonds. The molecule has 0 spiro atoms. The van der Waals surface area contributed by atoms with Crippen LogP contribution in [0, 0.1) is 0 Å². The van der Waals surface area contributed by atoms with Crippen LogP contribution in [0.4, 0.5) is 0 Å². The number of methoxy groups -OCH3 is 1. The minimum Gasteiger partial charge on any atom is -0.507 e. The maximum Gasteiger partial charge on any atom is 0.197 e. The van der Waals surface area contributed by atoms with E-state index >= 15 is 0 Å². The zero-order valence-corrected chi connectivity index (χ0v) is 23.0. The molecule has 0 bridgehead atoms. The van der Waals surface area contributed by atoms with Crippen molar-refractivity contribution in [1.82, 2.24) is 0 Å². The average Bonchev–Trinajstić information content (AvgIpc) is 3.00. The summed E-state index contributed by atoms with van der Waals surface area (Å²) < 4.78 is 28.0. The van der Waals surface area contributed by atoms with Crippen LogP contribution in [-0.2, 0) is 14.2 Å². The van der Waals surface area contributed by atoms with Gasteiger partial charge in [0.05, 0.1) is 25.9 Å². The lowest BCUT2D eigenvalue weighted by molar-refractivity contribution is -0.342. The molecule has 2 aliphatic heterocycles. The Morgan fingerprint density at radius 1 is 0.773 bits per heavy atom. The van der Waals surface area contributed by atoms with Gasteiger partial charge in [-0.1, -0.05) is 0 Å². The van der Waals surface area contributed by atoms with E-state index in [9.17, 15) is 55.9 Å². The fraction of sp³-hybridized carbons (Fsp3) is 0.464. The van der Waals surface area contributed by atoms with E-state index in [4.69, 9.17) is 23.4 Å². The van der Waals surface area contributed by atoms with Gasteiger partial charge in [0, 0.05) is 17.7 Å². The molecule has 0 radical (unpaired) electrons. The van der Waals surface area contributed by atoms with Crippen molar-refractivity contribution in [3.8, 4) is 34.3 Å². The van der Waals surface area contributed by atoms with Gasteiger partial charge in [0.1, 0.15) is 77.6 Å². The first-order chi connectivity index (χ1) is 20.9. The van der Waals surface area contributed by atoms with Gasteiger partial charge in [0.2, 0.25) is 0 Å². The highest BCUT2D eigenvalue weighted by Crippen LogP contribution is 2.45. The summed E-state index contributed by atoms with van der Waals surface area (Å²) in [6, 6.07) is 5.86. The van der Waals surface area contributed by atoms with E-state index in [2.05, 4.69) is 0 Å². The quantitative estimate of drug-likeness (QED) is 0.135. The first kappa shape index (κ1) is 31.9. The third kappa shape index (κ3) is 5.45. The molecule has 44 heavy (non-hydrogen) atoms. The molecule has 0 saturated carbocycles. The molecule has 2 fully saturated rings. The van der Waals surface area contributed by atoms with Gasteiger partial charge < -0.3 is 74.4 Å². The van der Waals surface area contributed by atoms with Crippen molar-refractivity contribution in [2.24, 2.45) is 0 Å². The van der Waals surface area contributed by atoms with E-state index in [1.807, 2.05) is 0 Å². The normalized spacial score (nSPS) is 32.5. The molecule has 16 nitrogen and oxygen atoms in total. The Morgan fingerprint density at radius 3 is 2.09 bits per heavy atom. The number of rotatable bonds is 7. The van der Waals surface area contributed by atoms with Gasteiger partial charge in [-0.05, 0) is 18.2 Å². The number of phenolic OH excluding ortho intramolecular Hbond substituents is 3. The summed E-state index contributed by atoms with van der Waals surface area (Å²) in [4.78, 5) is 13.3. The Balaban J connectivity index is 1.67. The van der Waals surface area contributed by atoms with Gasteiger partial charge in [0.25, 0.3) is 0 Å². The van der Waals surface area contributed by atoms with Crippen LogP contribution < -0.4 is 10.2 Å². The van der Waals surface area contributed by atoms with Gasteiger partial charge >= 0.3 is 0 Å². The lowest BCUT2D eigenvalue weighted by Crippen LogP contribution is -2.62. The number of fused-ring (bicyclic) bond motifs is 1. The molecule has 5 rings (SSSR count). The van der Waals surface area contributed by atoms with Gasteiger partial charge in [0.15, 0.2) is 28.8 Å². The van der Waals surface area contributed by atoms with Crippen LogP contribution in [0.15, 0.2) is 39.5 Å². The predicted octanol–water partition coefficient (Wildman–Crippen LogP) is -2.08. The molecular weight excluding hydrogens is 592 g/mol. The molecule has 10 N–H and O–H groups in total. The summed E-state index contributed by atoms with van der Waals surface area (Å²) in [5.41, 5.74) is -1.39. The Bertz CT molecular complexity index is 1550. The Kier molecular flexibility index (Phi) is 9.01. The van der Waals surface area contributed by atoms with Crippen molar-refractivity contribution in [2.75, 3.05) is 20.3 Å². The molecule has 0 unspecified atom stereocenters. The summed E-state index contributed by atoms with van der Waals surface area (Å²) in [6.45, 7) is -1.63. The molecular formula is C28H32O16. The highest BCUT2D eigenvalue weighted by atomic mass is 16.7. The van der Waals surface area contributed by atoms with E-state index in [-0.39, 0.29) is 28.4 Å². The van der Waals surface area contributed by atoms with E-state index in [0.29, 0.717) is 0 Å². The SMILES string of the molecule is COc1cc(-c2cc(=O)c3c(O)cc(O)c([C@@H]4O[C@H](CO)[C@@H](O)[C@@H](O)[C@H]4O[C@H]4O[C@H](CO)[C@@H](O)[C@@H](O)[C@H]4O)c3o2)ccc1O. The van der Waals surface area contributed by atoms with Gasteiger partial charge in [-0.3, -0.25) is 4.79 Å². The third-order valence-electron chi connectivity index (χ3n) is 7.75. The first-order valence-electron chi connectivity index (χ1n) is 13.4. The lowest BCUT2D eigenvalue weighted by Gasteiger charge is -2.46. The van der Waals surface area contributed by atoms with Crippen LogP contribution in [0.25, 0.3) is 22.3 Å². The van der Waals surface area contributed by atoms with Crippen LogP contribution in [0.5, 0.6) is 23.0 Å². The predicted molar refractivity (Wildman–Crippen MR) is 145 cm³/mol. The molecule has 2 aromatic carbocycles. The van der Waals surface area contributed by atoms with E-state index in [1.165, 1.54) is 25.3 Å². The van der Waals surface area contributed by atoms with Crippen molar-refractivity contribution >= 4 is 11.0 Å². The van der Waals surface area contributed by atoms with Crippen molar-refractivity contribution in [3.05, 3.63) is 46.1 Å². The first-order valence-corrected chi connectivity index (χ1v) is 13.4. The highest BCUT2D eigenvalue weighted by Gasteiger charge is 2.52. The largest absolute Gasteiger partial charge is 0.507 e. The number of hydrogen-bond donors (Lipinski definition) is 10. The summed E-state index contributed by atoms with van der Waals surface area (Å²) >= 11 is 0. The number of ether oxygens (including phenoxy) is 4. The van der Waals surface area contributed by atoms with E-state index < -0.39 is 102 Å². The molecule has 10 atom stereocenters. The molecule has 16 heteroatoms. The number of phenols is 3. The maximum atomic E-state index is 13.3. The van der Waals surface area contributed by atoms with Gasteiger partial charge in [-0.15, -0.1) is 0 Å². The van der Waals surface area contributed by atoms with Crippen LogP contribution in [-0.4, -0.2) is 127 Å². The average molecular weight is 625 g/mol. The molecule has 240 valence electrons. The molecule has 2 saturated heterocycles.